The summed E-state index contributed by atoms with van der Waals surface area (Å²) in [5.74, 6) is 1.42. The van der Waals surface area contributed by atoms with Crippen molar-refractivity contribution in [2.75, 3.05) is 26.2 Å². The maximum absolute atomic E-state index is 7.53. The summed E-state index contributed by atoms with van der Waals surface area (Å²) < 4.78 is 6.76. The lowest BCUT2D eigenvalue weighted by Gasteiger charge is -2.31. The van der Waals surface area contributed by atoms with E-state index in [2.05, 4.69) is 20.8 Å². The highest BCUT2D eigenvalue weighted by Crippen LogP contribution is 2.18. The lowest BCUT2D eigenvalue weighted by molar-refractivity contribution is 0.167. The minimum Gasteiger partial charge on any atom is -0.492 e. The number of rotatable bonds is 5. The molecule has 0 radical (unpaired) electrons. The van der Waals surface area contributed by atoms with Crippen LogP contribution in [0.2, 0.25) is 0 Å². The van der Waals surface area contributed by atoms with Crippen molar-refractivity contribution in [2.24, 2.45) is 11.7 Å². The third kappa shape index (κ3) is 4.51. The lowest BCUT2D eigenvalue weighted by Crippen LogP contribution is -2.42. The number of ether oxygens (including phenoxy) is 1. The molecule has 1 heterocycles. The van der Waals surface area contributed by atoms with Crippen molar-refractivity contribution in [2.45, 2.75) is 12.8 Å². The molecule has 1 aliphatic rings. The maximum Gasteiger partial charge on any atom is 0.120 e. The van der Waals surface area contributed by atoms with E-state index < -0.39 is 0 Å². The molecule has 5 heteroatoms. The van der Waals surface area contributed by atoms with Crippen LogP contribution in [-0.4, -0.2) is 37.0 Å². The van der Waals surface area contributed by atoms with Crippen molar-refractivity contribution in [3.8, 4) is 5.75 Å². The van der Waals surface area contributed by atoms with Gasteiger partial charge in [-0.25, -0.2) is 0 Å². The van der Waals surface area contributed by atoms with Gasteiger partial charge in [0.1, 0.15) is 12.4 Å². The zero-order valence-corrected chi connectivity index (χ0v) is 12.5. The number of benzene rings is 1. The first-order chi connectivity index (χ1) is 9.15. The number of hydrogen-bond donors (Lipinski definition) is 2. The number of likely N-dealkylation sites (tertiary alicyclic amines) is 1. The van der Waals surface area contributed by atoms with E-state index in [1.165, 1.54) is 0 Å². The van der Waals surface area contributed by atoms with Crippen LogP contribution in [0.15, 0.2) is 28.7 Å². The Bertz CT molecular complexity index is 438. The van der Waals surface area contributed by atoms with E-state index in [9.17, 15) is 0 Å². The number of nitrogens with zero attached hydrogens (tertiary/aromatic N) is 1. The highest BCUT2D eigenvalue weighted by Gasteiger charge is 2.21. The Labute approximate surface area is 122 Å². The number of nitrogens with two attached hydrogens (primary N) is 1. The lowest BCUT2D eigenvalue weighted by atomic mass is 9.97. The Hall–Kier alpha value is -1.07. The second-order valence-corrected chi connectivity index (χ2v) is 5.82. The summed E-state index contributed by atoms with van der Waals surface area (Å²) in [6.45, 7) is 3.51. The van der Waals surface area contributed by atoms with Crippen LogP contribution in [0.1, 0.15) is 12.8 Å². The molecule has 0 spiro atoms. The average Bonchev–Trinajstić information content (AvgIpc) is 2.39. The first-order valence-corrected chi connectivity index (χ1v) is 7.39. The summed E-state index contributed by atoms with van der Waals surface area (Å²) in [4.78, 5) is 2.33. The van der Waals surface area contributed by atoms with Gasteiger partial charge in [-0.15, -0.1) is 0 Å². The molecular weight excluding hydrogens is 306 g/mol. The molecular formula is C14H20BrN3O. The molecule has 1 aromatic carbocycles. The van der Waals surface area contributed by atoms with E-state index in [4.69, 9.17) is 15.9 Å². The smallest absolute Gasteiger partial charge is 0.120 e. The first kappa shape index (κ1) is 14.3. The molecule has 1 aromatic rings. The molecule has 0 bridgehead atoms. The molecule has 4 nitrogen and oxygen atoms in total. The van der Waals surface area contributed by atoms with Crippen molar-refractivity contribution in [1.82, 2.24) is 4.90 Å². The van der Waals surface area contributed by atoms with Crippen molar-refractivity contribution < 1.29 is 4.74 Å². The Morgan fingerprint density at radius 2 is 2.37 bits per heavy atom. The largest absolute Gasteiger partial charge is 0.492 e. The second-order valence-electron chi connectivity index (χ2n) is 4.90. The second kappa shape index (κ2) is 6.91. The minimum absolute atomic E-state index is 0.222. The molecule has 0 saturated carbocycles. The van der Waals surface area contributed by atoms with E-state index >= 15 is 0 Å². The monoisotopic (exact) mass is 325 g/mol. The number of nitrogens with one attached hydrogen (secondary N) is 1. The standard InChI is InChI=1S/C14H20BrN3O/c15-12-4-1-5-13(9-12)19-8-7-18-6-2-3-11(10-18)14(16)17/h1,4-5,9,11H,2-3,6-8,10H2,(H3,16,17). The van der Waals surface area contributed by atoms with Crippen LogP contribution >= 0.6 is 15.9 Å². The molecule has 1 saturated heterocycles. The van der Waals surface area contributed by atoms with Crippen LogP contribution in [0, 0.1) is 11.3 Å². The minimum atomic E-state index is 0.222. The number of piperidine rings is 1. The van der Waals surface area contributed by atoms with Crippen LogP contribution in [-0.2, 0) is 0 Å². The van der Waals surface area contributed by atoms with Crippen molar-refractivity contribution in [3.05, 3.63) is 28.7 Å². The van der Waals surface area contributed by atoms with Gasteiger partial charge in [0, 0.05) is 23.5 Å². The van der Waals surface area contributed by atoms with Crippen molar-refractivity contribution in [1.29, 1.82) is 5.41 Å². The average molecular weight is 326 g/mol. The number of hydrogen-bond acceptors (Lipinski definition) is 3. The van der Waals surface area contributed by atoms with Crippen molar-refractivity contribution in [3.63, 3.8) is 0 Å². The summed E-state index contributed by atoms with van der Waals surface area (Å²) in [5.41, 5.74) is 5.59. The molecule has 104 valence electrons. The fourth-order valence-corrected chi connectivity index (χ4v) is 2.74. The highest BCUT2D eigenvalue weighted by molar-refractivity contribution is 9.10. The highest BCUT2D eigenvalue weighted by atomic mass is 79.9. The zero-order valence-electron chi connectivity index (χ0n) is 10.9. The van der Waals surface area contributed by atoms with Crippen LogP contribution < -0.4 is 10.5 Å². The van der Waals surface area contributed by atoms with Gasteiger partial charge < -0.3 is 10.5 Å². The fraction of sp³-hybridized carbons (Fsp3) is 0.500. The summed E-state index contributed by atoms with van der Waals surface area (Å²) in [6.07, 6.45) is 2.15. The Morgan fingerprint density at radius 3 is 3.11 bits per heavy atom. The predicted molar refractivity (Wildman–Crippen MR) is 80.7 cm³/mol. The predicted octanol–water partition coefficient (Wildman–Crippen LogP) is 2.48. The van der Waals surface area contributed by atoms with Crippen molar-refractivity contribution >= 4 is 21.8 Å². The molecule has 1 fully saturated rings. The zero-order chi connectivity index (χ0) is 13.7. The van der Waals surface area contributed by atoms with Crippen LogP contribution in [0.5, 0.6) is 5.75 Å². The van der Waals surface area contributed by atoms with Gasteiger partial charge in [0.25, 0.3) is 0 Å². The van der Waals surface area contributed by atoms with Gasteiger partial charge in [-0.1, -0.05) is 22.0 Å². The molecule has 1 aliphatic heterocycles. The quantitative estimate of drug-likeness (QED) is 0.645. The fourth-order valence-electron chi connectivity index (χ4n) is 2.36. The van der Waals surface area contributed by atoms with Gasteiger partial charge in [-0.2, -0.15) is 0 Å². The summed E-state index contributed by atoms with van der Waals surface area (Å²) >= 11 is 3.43. The Kier molecular flexibility index (Phi) is 5.22. The van der Waals surface area contributed by atoms with Gasteiger partial charge in [0.05, 0.1) is 5.84 Å². The van der Waals surface area contributed by atoms with E-state index in [1.54, 1.807) is 0 Å². The summed E-state index contributed by atoms with van der Waals surface area (Å²) in [5, 5.41) is 7.53. The maximum atomic E-state index is 7.53. The summed E-state index contributed by atoms with van der Waals surface area (Å²) in [6, 6.07) is 7.87. The molecule has 0 aliphatic carbocycles. The number of halogens is 1. The topological polar surface area (TPSA) is 62.3 Å². The van der Waals surface area contributed by atoms with E-state index in [-0.39, 0.29) is 5.92 Å². The normalized spacial score (nSPS) is 20.2. The van der Waals surface area contributed by atoms with Crippen LogP contribution in [0.3, 0.4) is 0 Å². The SMILES string of the molecule is N=C(N)C1CCCN(CCOc2cccc(Br)c2)C1. The number of amidine groups is 1. The van der Waals surface area contributed by atoms with Gasteiger partial charge in [-0.3, -0.25) is 10.3 Å². The third-order valence-electron chi connectivity index (χ3n) is 3.42. The van der Waals surface area contributed by atoms with Crippen LogP contribution in [0.4, 0.5) is 0 Å². The van der Waals surface area contributed by atoms with E-state index in [0.29, 0.717) is 12.4 Å². The third-order valence-corrected chi connectivity index (χ3v) is 3.91. The Balaban J connectivity index is 1.75. The molecule has 3 N–H and O–H groups in total. The Morgan fingerprint density at radius 1 is 1.53 bits per heavy atom. The van der Waals surface area contributed by atoms with E-state index in [0.717, 1.165) is 42.7 Å². The molecule has 1 unspecified atom stereocenters. The molecule has 1 atom stereocenters. The van der Waals surface area contributed by atoms with Gasteiger partial charge in [0.2, 0.25) is 0 Å². The van der Waals surface area contributed by atoms with Gasteiger partial charge in [0.15, 0.2) is 0 Å². The summed E-state index contributed by atoms with van der Waals surface area (Å²) in [7, 11) is 0. The molecule has 0 amide bonds. The van der Waals surface area contributed by atoms with E-state index in [1.807, 2.05) is 24.3 Å². The molecule has 19 heavy (non-hydrogen) atoms. The van der Waals surface area contributed by atoms with Gasteiger partial charge in [-0.05, 0) is 37.6 Å². The van der Waals surface area contributed by atoms with Crippen LogP contribution in [0.25, 0.3) is 0 Å². The molecule has 2 rings (SSSR count). The molecule has 0 aromatic heterocycles. The van der Waals surface area contributed by atoms with Gasteiger partial charge >= 0.3 is 0 Å². The first-order valence-electron chi connectivity index (χ1n) is 6.60.